The van der Waals surface area contributed by atoms with Gasteiger partial charge in [-0.15, -0.1) is 0 Å². The number of hydrogen-bond acceptors (Lipinski definition) is 2. The number of fused-ring (bicyclic) bond motifs is 1. The summed E-state index contributed by atoms with van der Waals surface area (Å²) in [6.45, 7) is 6.23. The molecule has 0 aliphatic heterocycles. The smallest absolute Gasteiger partial charge is 0.163 e. The topological polar surface area (TPSA) is 34.1 Å². The number of benzene rings is 1. The molecular weight excluding hydrogens is 224 g/mol. The molecule has 18 heavy (non-hydrogen) atoms. The number of aldehydes is 1. The van der Waals surface area contributed by atoms with E-state index in [4.69, 9.17) is 0 Å². The molecule has 0 aromatic heterocycles. The highest BCUT2D eigenvalue weighted by molar-refractivity contribution is 6.00. The van der Waals surface area contributed by atoms with Gasteiger partial charge in [-0.3, -0.25) is 9.59 Å². The number of carbonyl (C=O) groups excluding carboxylic acids is 2. The van der Waals surface area contributed by atoms with Crippen molar-refractivity contribution in [2.75, 3.05) is 0 Å². The van der Waals surface area contributed by atoms with Crippen LogP contribution in [0.5, 0.6) is 0 Å². The number of rotatable bonds is 2. The Labute approximate surface area is 108 Å². The molecule has 0 spiro atoms. The van der Waals surface area contributed by atoms with E-state index in [2.05, 4.69) is 13.8 Å². The number of hydrogen-bond donors (Lipinski definition) is 0. The summed E-state index contributed by atoms with van der Waals surface area (Å²) in [4.78, 5) is 22.5. The molecule has 2 nitrogen and oxygen atoms in total. The van der Waals surface area contributed by atoms with Crippen LogP contribution < -0.4 is 0 Å². The molecule has 0 radical (unpaired) electrons. The molecule has 0 amide bonds. The first-order valence-corrected chi connectivity index (χ1v) is 6.26. The first-order chi connectivity index (χ1) is 8.45. The maximum atomic E-state index is 12.0. The van der Waals surface area contributed by atoms with Gasteiger partial charge in [-0.2, -0.15) is 0 Å². The molecule has 0 fully saturated rings. The minimum atomic E-state index is 0.0596. The average Bonchev–Trinajstić information content (AvgIpc) is 2.34. The molecule has 0 N–H and O–H groups in total. The Kier molecular flexibility index (Phi) is 3.20. The van der Waals surface area contributed by atoms with Gasteiger partial charge in [0, 0.05) is 12.0 Å². The van der Waals surface area contributed by atoms with Gasteiger partial charge in [-0.25, -0.2) is 0 Å². The summed E-state index contributed by atoms with van der Waals surface area (Å²) in [5.41, 5.74) is 3.85. The van der Waals surface area contributed by atoms with E-state index >= 15 is 0 Å². The van der Waals surface area contributed by atoms with Crippen LogP contribution in [0.1, 0.15) is 55.1 Å². The normalized spacial score (nSPS) is 18.4. The van der Waals surface area contributed by atoms with Crippen molar-refractivity contribution in [3.05, 3.63) is 41.0 Å². The predicted octanol–water partition coefficient (Wildman–Crippen LogP) is 3.54. The minimum Gasteiger partial charge on any atom is -0.299 e. The third-order valence-electron chi connectivity index (χ3n) is 3.80. The van der Waals surface area contributed by atoms with Gasteiger partial charge in [0.1, 0.15) is 6.29 Å². The lowest BCUT2D eigenvalue weighted by Gasteiger charge is -2.32. The first kappa shape index (κ1) is 12.7. The summed E-state index contributed by atoms with van der Waals surface area (Å²) < 4.78 is 0. The summed E-state index contributed by atoms with van der Waals surface area (Å²) in [6, 6.07) is 5.95. The molecule has 0 heterocycles. The van der Waals surface area contributed by atoms with Crippen LogP contribution in [0.15, 0.2) is 24.3 Å². The van der Waals surface area contributed by atoms with E-state index in [0.717, 1.165) is 35.0 Å². The van der Waals surface area contributed by atoms with Crippen LogP contribution in [0.25, 0.3) is 5.57 Å². The molecule has 0 atom stereocenters. The van der Waals surface area contributed by atoms with Gasteiger partial charge in [0.2, 0.25) is 0 Å². The number of allylic oxidation sites excluding steroid dienone is 2. The first-order valence-electron chi connectivity index (χ1n) is 6.26. The molecule has 2 heteroatoms. The fourth-order valence-electron chi connectivity index (χ4n) is 2.50. The minimum absolute atomic E-state index is 0.0596. The van der Waals surface area contributed by atoms with Crippen molar-refractivity contribution >= 4 is 17.6 Å². The van der Waals surface area contributed by atoms with E-state index in [0.29, 0.717) is 6.42 Å². The molecule has 0 bridgehead atoms. The molecule has 0 saturated heterocycles. The Morgan fingerprint density at radius 2 is 2.06 bits per heavy atom. The molecular formula is C16H18O2. The number of carbonyl (C=O) groups is 2. The Morgan fingerprint density at radius 3 is 2.72 bits per heavy atom. The Hall–Kier alpha value is -1.70. The van der Waals surface area contributed by atoms with Crippen molar-refractivity contribution in [1.29, 1.82) is 0 Å². The van der Waals surface area contributed by atoms with Crippen LogP contribution in [-0.4, -0.2) is 12.1 Å². The standard InChI is InChI=1S/C16H18O2/c1-11(7-9-17)12-4-5-14-13(10-12)15(18)6-8-16(14,2)3/h4-5,7,9-10H,6,8H2,1-3H3. The SMILES string of the molecule is CC(=CC=O)c1ccc2c(c1)C(=O)CCC2(C)C. The van der Waals surface area contributed by atoms with Gasteiger partial charge < -0.3 is 0 Å². The molecule has 94 valence electrons. The zero-order valence-corrected chi connectivity index (χ0v) is 11.1. The van der Waals surface area contributed by atoms with Crippen LogP contribution in [-0.2, 0) is 10.2 Å². The van der Waals surface area contributed by atoms with Gasteiger partial charge >= 0.3 is 0 Å². The molecule has 1 aliphatic carbocycles. The second-order valence-electron chi connectivity index (χ2n) is 5.55. The highest BCUT2D eigenvalue weighted by Gasteiger charge is 2.31. The molecule has 2 rings (SSSR count). The zero-order chi connectivity index (χ0) is 13.3. The summed E-state index contributed by atoms with van der Waals surface area (Å²) in [7, 11) is 0. The Morgan fingerprint density at radius 1 is 1.33 bits per heavy atom. The number of ketones is 1. The molecule has 1 aromatic rings. The van der Waals surface area contributed by atoms with Gasteiger partial charge in [0.05, 0.1) is 0 Å². The average molecular weight is 242 g/mol. The van der Waals surface area contributed by atoms with Crippen molar-refractivity contribution in [3.8, 4) is 0 Å². The largest absolute Gasteiger partial charge is 0.299 e. The van der Waals surface area contributed by atoms with Crippen molar-refractivity contribution in [2.45, 2.75) is 39.0 Å². The molecule has 0 unspecified atom stereocenters. The molecule has 1 aromatic carbocycles. The highest BCUT2D eigenvalue weighted by atomic mass is 16.1. The van der Waals surface area contributed by atoms with Crippen LogP contribution >= 0.6 is 0 Å². The van der Waals surface area contributed by atoms with Crippen LogP contribution in [0.2, 0.25) is 0 Å². The van der Waals surface area contributed by atoms with Gasteiger partial charge in [-0.1, -0.05) is 26.0 Å². The fourth-order valence-corrected chi connectivity index (χ4v) is 2.50. The van der Waals surface area contributed by atoms with Crippen LogP contribution in [0, 0.1) is 0 Å². The van der Waals surface area contributed by atoms with Crippen molar-refractivity contribution < 1.29 is 9.59 Å². The van der Waals surface area contributed by atoms with Crippen molar-refractivity contribution in [3.63, 3.8) is 0 Å². The van der Waals surface area contributed by atoms with Crippen molar-refractivity contribution in [2.24, 2.45) is 0 Å². The van der Waals surface area contributed by atoms with Gasteiger partial charge in [0.15, 0.2) is 5.78 Å². The lowest BCUT2D eigenvalue weighted by molar-refractivity contribution is -0.104. The quantitative estimate of drug-likeness (QED) is 0.587. The van der Waals surface area contributed by atoms with Crippen LogP contribution in [0.3, 0.4) is 0 Å². The van der Waals surface area contributed by atoms with E-state index in [1.165, 1.54) is 6.08 Å². The summed E-state index contributed by atoms with van der Waals surface area (Å²) >= 11 is 0. The monoisotopic (exact) mass is 242 g/mol. The Balaban J connectivity index is 2.55. The Bertz CT molecular complexity index is 536. The number of Topliss-reactive ketones (excluding diaryl/α,β-unsaturated/α-hetero) is 1. The summed E-state index contributed by atoms with van der Waals surface area (Å²) in [5, 5.41) is 0. The second kappa shape index (κ2) is 4.52. The summed E-state index contributed by atoms with van der Waals surface area (Å²) in [5.74, 6) is 0.213. The van der Waals surface area contributed by atoms with Gasteiger partial charge in [-0.05, 0) is 47.6 Å². The lowest BCUT2D eigenvalue weighted by atomic mass is 9.72. The maximum Gasteiger partial charge on any atom is 0.163 e. The van der Waals surface area contributed by atoms with Crippen molar-refractivity contribution in [1.82, 2.24) is 0 Å². The van der Waals surface area contributed by atoms with E-state index in [1.807, 2.05) is 25.1 Å². The van der Waals surface area contributed by atoms with Gasteiger partial charge in [0.25, 0.3) is 0 Å². The predicted molar refractivity (Wildman–Crippen MR) is 72.7 cm³/mol. The van der Waals surface area contributed by atoms with E-state index in [9.17, 15) is 9.59 Å². The fraction of sp³-hybridized carbons (Fsp3) is 0.375. The molecule has 0 saturated carbocycles. The van der Waals surface area contributed by atoms with E-state index in [-0.39, 0.29) is 11.2 Å². The molecule has 1 aliphatic rings. The highest BCUT2D eigenvalue weighted by Crippen LogP contribution is 2.37. The second-order valence-corrected chi connectivity index (χ2v) is 5.55. The van der Waals surface area contributed by atoms with E-state index in [1.54, 1.807) is 0 Å². The van der Waals surface area contributed by atoms with E-state index < -0.39 is 0 Å². The maximum absolute atomic E-state index is 12.0. The summed E-state index contributed by atoms with van der Waals surface area (Å²) in [6.07, 6.45) is 3.82. The third kappa shape index (κ3) is 2.15. The van der Waals surface area contributed by atoms with Crippen LogP contribution in [0.4, 0.5) is 0 Å². The zero-order valence-electron chi connectivity index (χ0n) is 11.1. The lowest BCUT2D eigenvalue weighted by Crippen LogP contribution is -2.27. The third-order valence-corrected chi connectivity index (χ3v) is 3.80.